The number of rotatable bonds is 5. The van der Waals surface area contributed by atoms with Crippen molar-refractivity contribution >= 4 is 0 Å². The van der Waals surface area contributed by atoms with Crippen molar-refractivity contribution in [1.82, 2.24) is 5.32 Å². The molecule has 2 aromatic rings. The Kier molecular flexibility index (Phi) is 5.46. The van der Waals surface area contributed by atoms with Gasteiger partial charge in [-0.1, -0.05) is 6.07 Å². The molecule has 3 rings (SSSR count). The Hall–Kier alpha value is -2.65. The zero-order valence-electron chi connectivity index (χ0n) is 13.6. The Balaban J connectivity index is 1.67. The minimum absolute atomic E-state index is 0.00944. The van der Waals surface area contributed by atoms with Crippen LogP contribution in [0.2, 0.25) is 0 Å². The summed E-state index contributed by atoms with van der Waals surface area (Å²) in [5.41, 5.74) is 0.480. The number of hydrogen-bond acceptors (Lipinski definition) is 4. The van der Waals surface area contributed by atoms with Gasteiger partial charge >= 0.3 is 0 Å². The van der Waals surface area contributed by atoms with E-state index in [4.69, 9.17) is 14.7 Å². The van der Waals surface area contributed by atoms with E-state index < -0.39 is 11.6 Å². The van der Waals surface area contributed by atoms with Gasteiger partial charge in [-0.3, -0.25) is 0 Å². The average molecular weight is 344 g/mol. The van der Waals surface area contributed by atoms with Crippen LogP contribution in [-0.2, 0) is 6.61 Å². The van der Waals surface area contributed by atoms with Crippen LogP contribution >= 0.6 is 0 Å². The number of nitrogens with one attached hydrogen (secondary N) is 1. The summed E-state index contributed by atoms with van der Waals surface area (Å²) in [5.74, 6) is -0.549. The summed E-state index contributed by atoms with van der Waals surface area (Å²) < 4.78 is 39.1. The largest absolute Gasteiger partial charge is 0.490 e. The van der Waals surface area contributed by atoms with Crippen LogP contribution in [0.1, 0.15) is 24.0 Å². The lowest BCUT2D eigenvalue weighted by atomic mass is 10.1. The number of benzene rings is 2. The van der Waals surface area contributed by atoms with E-state index in [0.717, 1.165) is 32.0 Å². The molecule has 1 saturated heterocycles. The van der Waals surface area contributed by atoms with Crippen molar-refractivity contribution < 1.29 is 18.3 Å². The summed E-state index contributed by atoms with van der Waals surface area (Å²) in [6, 6.07) is 10.3. The second-order valence-corrected chi connectivity index (χ2v) is 5.87. The van der Waals surface area contributed by atoms with E-state index in [1.165, 1.54) is 24.3 Å². The first-order chi connectivity index (χ1) is 12.2. The van der Waals surface area contributed by atoms with Gasteiger partial charge in [0.1, 0.15) is 24.3 Å². The molecule has 0 bridgehead atoms. The van der Waals surface area contributed by atoms with Gasteiger partial charge in [0.2, 0.25) is 0 Å². The van der Waals surface area contributed by atoms with Crippen LogP contribution in [0.4, 0.5) is 8.78 Å². The summed E-state index contributed by atoms with van der Waals surface area (Å²) in [4.78, 5) is 0. The highest BCUT2D eigenvalue weighted by atomic mass is 19.1. The second kappa shape index (κ2) is 7.95. The highest BCUT2D eigenvalue weighted by molar-refractivity contribution is 5.36. The molecule has 2 aromatic carbocycles. The van der Waals surface area contributed by atoms with Gasteiger partial charge in [-0.25, -0.2) is 8.78 Å². The zero-order chi connectivity index (χ0) is 17.6. The number of ether oxygens (including phenoxy) is 2. The van der Waals surface area contributed by atoms with Crippen molar-refractivity contribution in [3.63, 3.8) is 0 Å². The molecule has 1 fully saturated rings. The molecular weight excluding hydrogens is 326 g/mol. The number of hydrogen-bond donors (Lipinski definition) is 1. The van der Waals surface area contributed by atoms with E-state index in [9.17, 15) is 8.78 Å². The first kappa shape index (κ1) is 17.2. The molecule has 25 heavy (non-hydrogen) atoms. The van der Waals surface area contributed by atoms with E-state index in [-0.39, 0.29) is 29.6 Å². The van der Waals surface area contributed by atoms with Gasteiger partial charge in [-0.05, 0) is 50.2 Å². The lowest BCUT2D eigenvalue weighted by Gasteiger charge is -2.24. The number of halogens is 2. The maximum Gasteiger partial charge on any atom is 0.165 e. The molecule has 0 radical (unpaired) electrons. The monoisotopic (exact) mass is 344 g/mol. The molecule has 0 spiro atoms. The smallest absolute Gasteiger partial charge is 0.165 e. The molecule has 0 saturated carbocycles. The highest BCUT2D eigenvalue weighted by Crippen LogP contribution is 2.26. The minimum atomic E-state index is -0.554. The van der Waals surface area contributed by atoms with Crippen molar-refractivity contribution in [3.05, 3.63) is 59.2 Å². The van der Waals surface area contributed by atoms with Crippen LogP contribution in [0.25, 0.3) is 0 Å². The summed E-state index contributed by atoms with van der Waals surface area (Å²) in [7, 11) is 0. The quantitative estimate of drug-likeness (QED) is 0.901. The predicted molar refractivity (Wildman–Crippen MR) is 88.4 cm³/mol. The van der Waals surface area contributed by atoms with Crippen LogP contribution in [0.5, 0.6) is 11.5 Å². The van der Waals surface area contributed by atoms with Gasteiger partial charge < -0.3 is 14.8 Å². The highest BCUT2D eigenvalue weighted by Gasteiger charge is 2.16. The molecule has 1 aliphatic heterocycles. The Morgan fingerprint density at radius 3 is 2.60 bits per heavy atom. The topological polar surface area (TPSA) is 54.3 Å². The molecule has 1 heterocycles. The van der Waals surface area contributed by atoms with Gasteiger partial charge in [0.15, 0.2) is 11.6 Å². The number of piperidine rings is 1. The lowest BCUT2D eigenvalue weighted by molar-refractivity contribution is 0.161. The third kappa shape index (κ3) is 4.46. The van der Waals surface area contributed by atoms with Crippen LogP contribution in [0.15, 0.2) is 36.4 Å². The molecular formula is C19H18F2N2O2. The van der Waals surface area contributed by atoms with E-state index in [1.807, 2.05) is 6.07 Å². The summed E-state index contributed by atoms with van der Waals surface area (Å²) in [5, 5.41) is 12.0. The van der Waals surface area contributed by atoms with E-state index in [1.54, 1.807) is 6.07 Å². The van der Waals surface area contributed by atoms with Crippen LogP contribution in [0, 0.1) is 23.0 Å². The summed E-state index contributed by atoms with van der Waals surface area (Å²) in [6.07, 6.45) is 1.88. The minimum Gasteiger partial charge on any atom is -0.490 e. The maximum atomic E-state index is 13.9. The van der Waals surface area contributed by atoms with Crippen LogP contribution in [0.3, 0.4) is 0 Å². The van der Waals surface area contributed by atoms with Gasteiger partial charge in [-0.15, -0.1) is 0 Å². The Labute approximate surface area is 145 Å². The molecule has 0 aliphatic carbocycles. The summed E-state index contributed by atoms with van der Waals surface area (Å²) >= 11 is 0. The Morgan fingerprint density at radius 1 is 1.08 bits per heavy atom. The second-order valence-electron chi connectivity index (χ2n) is 5.87. The zero-order valence-corrected chi connectivity index (χ0v) is 13.6. The molecule has 0 amide bonds. The Bertz CT molecular complexity index is 783. The van der Waals surface area contributed by atoms with E-state index in [0.29, 0.717) is 5.75 Å². The first-order valence-corrected chi connectivity index (χ1v) is 8.14. The molecule has 130 valence electrons. The molecule has 1 aliphatic rings. The van der Waals surface area contributed by atoms with Gasteiger partial charge in [0.05, 0.1) is 11.6 Å². The SMILES string of the molecule is N#Cc1ccc(COc2cc(OC3CCNCC3)ccc2F)c(F)c1. The molecule has 1 N–H and O–H groups in total. The fourth-order valence-corrected chi connectivity index (χ4v) is 2.66. The fourth-order valence-electron chi connectivity index (χ4n) is 2.66. The third-order valence-electron chi connectivity index (χ3n) is 4.06. The number of nitrogens with zero attached hydrogens (tertiary/aromatic N) is 1. The van der Waals surface area contributed by atoms with Crippen LogP contribution < -0.4 is 14.8 Å². The van der Waals surface area contributed by atoms with Gasteiger partial charge in [0, 0.05) is 11.6 Å². The number of nitriles is 1. The van der Waals surface area contributed by atoms with Crippen LogP contribution in [-0.4, -0.2) is 19.2 Å². The molecule has 0 atom stereocenters. The van der Waals surface area contributed by atoms with E-state index in [2.05, 4.69) is 5.32 Å². The molecule has 6 heteroatoms. The van der Waals surface area contributed by atoms with Crippen molar-refractivity contribution in [2.24, 2.45) is 0 Å². The predicted octanol–water partition coefficient (Wildman–Crippen LogP) is 3.55. The van der Waals surface area contributed by atoms with Crippen molar-refractivity contribution in [2.75, 3.05) is 13.1 Å². The van der Waals surface area contributed by atoms with Gasteiger partial charge in [0.25, 0.3) is 0 Å². The average Bonchev–Trinajstić information content (AvgIpc) is 2.63. The third-order valence-corrected chi connectivity index (χ3v) is 4.06. The summed E-state index contributed by atoms with van der Waals surface area (Å²) in [6.45, 7) is 1.66. The van der Waals surface area contributed by atoms with Crippen molar-refractivity contribution in [1.29, 1.82) is 5.26 Å². The van der Waals surface area contributed by atoms with Crippen molar-refractivity contribution in [3.8, 4) is 17.6 Å². The fraction of sp³-hybridized carbons (Fsp3) is 0.316. The van der Waals surface area contributed by atoms with E-state index >= 15 is 0 Å². The lowest BCUT2D eigenvalue weighted by Crippen LogP contribution is -2.34. The maximum absolute atomic E-state index is 13.9. The van der Waals surface area contributed by atoms with Crippen molar-refractivity contribution in [2.45, 2.75) is 25.6 Å². The normalized spacial score (nSPS) is 14.8. The Morgan fingerprint density at radius 2 is 1.88 bits per heavy atom. The van der Waals surface area contributed by atoms with Gasteiger partial charge in [-0.2, -0.15) is 5.26 Å². The first-order valence-electron chi connectivity index (χ1n) is 8.14. The molecule has 4 nitrogen and oxygen atoms in total. The molecule has 0 unspecified atom stereocenters. The standard InChI is InChI=1S/C19H18F2N2O2/c20-17-4-3-16(25-15-5-7-23-8-6-15)10-19(17)24-12-14-2-1-13(11-22)9-18(14)21/h1-4,9-10,15,23H,5-8,12H2. The molecule has 0 aromatic heterocycles.